The van der Waals surface area contributed by atoms with E-state index in [-0.39, 0.29) is 5.69 Å². The van der Waals surface area contributed by atoms with Crippen LogP contribution in [0.4, 0.5) is 0 Å². The van der Waals surface area contributed by atoms with Gasteiger partial charge in [-0.25, -0.2) is 14.8 Å². The molecule has 0 unspecified atom stereocenters. The summed E-state index contributed by atoms with van der Waals surface area (Å²) in [6.45, 7) is 0. The van der Waals surface area contributed by atoms with Crippen molar-refractivity contribution < 1.29 is 9.90 Å². The van der Waals surface area contributed by atoms with Gasteiger partial charge in [-0.3, -0.25) is 4.98 Å². The van der Waals surface area contributed by atoms with E-state index in [2.05, 4.69) is 15.0 Å². The predicted octanol–water partition coefficient (Wildman–Crippen LogP) is 3.04. The maximum absolute atomic E-state index is 10.9. The van der Waals surface area contributed by atoms with Crippen LogP contribution in [0, 0.1) is 0 Å². The molecule has 0 fully saturated rings. The molecule has 5 nitrogen and oxygen atoms in total. The number of hydrogen-bond donors (Lipinski definition) is 1. The normalized spacial score (nSPS) is 10.7. The fraction of sp³-hybridized carbons (Fsp3) is 0. The molecule has 3 aromatic rings. The topological polar surface area (TPSA) is 76.0 Å². The standard InChI is InChI=1S/C14H8ClN3O2/c15-10-5-9(4-8-2-1-3-16-13(8)10)11-6-12(14(19)20)18-7-17-11/h1-7H,(H,19,20). The molecule has 6 heteroatoms. The van der Waals surface area contributed by atoms with Crippen molar-refractivity contribution in [2.24, 2.45) is 0 Å². The van der Waals surface area contributed by atoms with Crippen molar-refractivity contribution in [3.63, 3.8) is 0 Å². The lowest BCUT2D eigenvalue weighted by Gasteiger charge is -2.05. The van der Waals surface area contributed by atoms with Crippen LogP contribution in [0.25, 0.3) is 22.2 Å². The van der Waals surface area contributed by atoms with E-state index >= 15 is 0 Å². The highest BCUT2D eigenvalue weighted by molar-refractivity contribution is 6.35. The number of pyridine rings is 1. The molecule has 2 aromatic heterocycles. The molecular formula is C14H8ClN3O2. The molecule has 0 spiro atoms. The second-order valence-electron chi connectivity index (χ2n) is 4.13. The zero-order valence-electron chi connectivity index (χ0n) is 10.1. The zero-order valence-corrected chi connectivity index (χ0v) is 10.9. The second-order valence-corrected chi connectivity index (χ2v) is 4.53. The molecule has 0 aliphatic rings. The van der Waals surface area contributed by atoms with Crippen LogP contribution in [-0.4, -0.2) is 26.0 Å². The summed E-state index contributed by atoms with van der Waals surface area (Å²) in [5.74, 6) is -1.10. The summed E-state index contributed by atoms with van der Waals surface area (Å²) in [5.41, 5.74) is 1.87. The first kappa shape index (κ1) is 12.5. The molecule has 0 aliphatic carbocycles. The highest BCUT2D eigenvalue weighted by Crippen LogP contribution is 2.28. The van der Waals surface area contributed by atoms with Gasteiger partial charge in [0.15, 0.2) is 5.69 Å². The number of benzene rings is 1. The van der Waals surface area contributed by atoms with Crippen molar-refractivity contribution in [1.82, 2.24) is 15.0 Å². The van der Waals surface area contributed by atoms with Gasteiger partial charge >= 0.3 is 5.97 Å². The van der Waals surface area contributed by atoms with Crippen molar-refractivity contribution in [2.45, 2.75) is 0 Å². The predicted molar refractivity (Wildman–Crippen MR) is 74.7 cm³/mol. The smallest absolute Gasteiger partial charge is 0.354 e. The van der Waals surface area contributed by atoms with Crippen LogP contribution in [0.5, 0.6) is 0 Å². The van der Waals surface area contributed by atoms with E-state index in [1.807, 2.05) is 18.2 Å². The summed E-state index contributed by atoms with van der Waals surface area (Å²) in [6.07, 6.45) is 2.89. The number of carboxylic acid groups (broad SMARTS) is 1. The first-order valence-corrected chi connectivity index (χ1v) is 6.13. The Kier molecular flexibility index (Phi) is 3.04. The molecule has 0 saturated heterocycles. The van der Waals surface area contributed by atoms with Gasteiger partial charge in [0.1, 0.15) is 6.33 Å². The Bertz CT molecular complexity index is 820. The van der Waals surface area contributed by atoms with Gasteiger partial charge in [0.25, 0.3) is 0 Å². The summed E-state index contributed by atoms with van der Waals surface area (Å²) in [6, 6.07) is 8.69. The van der Waals surface area contributed by atoms with Gasteiger partial charge < -0.3 is 5.11 Å². The monoisotopic (exact) mass is 285 g/mol. The molecule has 0 atom stereocenters. The summed E-state index contributed by atoms with van der Waals surface area (Å²) in [5, 5.41) is 10.3. The molecule has 0 amide bonds. The van der Waals surface area contributed by atoms with Crippen molar-refractivity contribution in [1.29, 1.82) is 0 Å². The largest absolute Gasteiger partial charge is 0.477 e. The van der Waals surface area contributed by atoms with E-state index in [0.29, 0.717) is 16.2 Å². The van der Waals surface area contributed by atoms with Gasteiger partial charge in [0.05, 0.1) is 16.2 Å². The Morgan fingerprint density at radius 2 is 2.00 bits per heavy atom. The number of hydrogen-bond acceptors (Lipinski definition) is 4. The second kappa shape index (κ2) is 4.86. The van der Waals surface area contributed by atoms with Gasteiger partial charge in [-0.1, -0.05) is 17.7 Å². The molecule has 0 bridgehead atoms. The molecule has 1 aromatic carbocycles. The van der Waals surface area contributed by atoms with Gasteiger partial charge in [-0.05, 0) is 24.3 Å². The van der Waals surface area contributed by atoms with Gasteiger partial charge in [0, 0.05) is 17.1 Å². The first-order valence-electron chi connectivity index (χ1n) is 5.75. The van der Waals surface area contributed by atoms with Gasteiger partial charge in [-0.2, -0.15) is 0 Å². The van der Waals surface area contributed by atoms with Crippen LogP contribution in [0.1, 0.15) is 10.5 Å². The molecule has 20 heavy (non-hydrogen) atoms. The highest BCUT2D eigenvalue weighted by atomic mass is 35.5. The van der Waals surface area contributed by atoms with E-state index in [4.69, 9.17) is 16.7 Å². The molecule has 98 valence electrons. The SMILES string of the molecule is O=C(O)c1cc(-c2cc(Cl)c3ncccc3c2)ncn1. The fourth-order valence-corrected chi connectivity index (χ4v) is 2.20. The van der Waals surface area contributed by atoms with Crippen LogP contribution >= 0.6 is 11.6 Å². The van der Waals surface area contributed by atoms with Crippen molar-refractivity contribution >= 4 is 28.5 Å². The quantitative estimate of drug-likeness (QED) is 0.783. The van der Waals surface area contributed by atoms with E-state index in [9.17, 15) is 4.79 Å². The molecule has 0 aliphatic heterocycles. The highest BCUT2D eigenvalue weighted by Gasteiger charge is 2.10. The molecular weight excluding hydrogens is 278 g/mol. The maximum Gasteiger partial charge on any atom is 0.354 e. The Morgan fingerprint density at radius 1 is 1.15 bits per heavy atom. The Morgan fingerprint density at radius 3 is 2.80 bits per heavy atom. The van der Waals surface area contributed by atoms with Crippen LogP contribution < -0.4 is 0 Å². The third-order valence-corrected chi connectivity index (χ3v) is 3.13. The minimum Gasteiger partial charge on any atom is -0.477 e. The summed E-state index contributed by atoms with van der Waals surface area (Å²) in [4.78, 5) is 22.9. The Hall–Kier alpha value is -2.53. The molecule has 0 saturated carbocycles. The zero-order chi connectivity index (χ0) is 14.1. The fourth-order valence-electron chi connectivity index (χ4n) is 1.93. The van der Waals surface area contributed by atoms with Crippen LogP contribution in [0.2, 0.25) is 5.02 Å². The third-order valence-electron chi connectivity index (χ3n) is 2.84. The van der Waals surface area contributed by atoms with Crippen molar-refractivity contribution in [3.8, 4) is 11.3 Å². The molecule has 1 N–H and O–H groups in total. The molecule has 2 heterocycles. The number of aromatic nitrogens is 3. The number of carbonyl (C=O) groups is 1. The molecule has 3 rings (SSSR count). The summed E-state index contributed by atoms with van der Waals surface area (Å²) in [7, 11) is 0. The number of rotatable bonds is 2. The van der Waals surface area contributed by atoms with E-state index in [1.165, 1.54) is 12.4 Å². The van der Waals surface area contributed by atoms with Crippen LogP contribution in [0.15, 0.2) is 42.9 Å². The average Bonchev–Trinajstić information content (AvgIpc) is 2.47. The van der Waals surface area contributed by atoms with E-state index < -0.39 is 5.97 Å². The number of nitrogens with zero attached hydrogens (tertiary/aromatic N) is 3. The van der Waals surface area contributed by atoms with Gasteiger partial charge in [-0.15, -0.1) is 0 Å². The maximum atomic E-state index is 10.9. The Labute approximate surface area is 118 Å². The number of fused-ring (bicyclic) bond motifs is 1. The van der Waals surface area contributed by atoms with E-state index in [0.717, 1.165) is 10.9 Å². The Balaban J connectivity index is 2.19. The first-order chi connectivity index (χ1) is 9.65. The molecule has 0 radical (unpaired) electrons. The van der Waals surface area contributed by atoms with Gasteiger partial charge in [0.2, 0.25) is 0 Å². The minimum atomic E-state index is -1.10. The summed E-state index contributed by atoms with van der Waals surface area (Å²) < 4.78 is 0. The number of halogens is 1. The van der Waals surface area contributed by atoms with Crippen LogP contribution in [-0.2, 0) is 0 Å². The third kappa shape index (κ3) is 2.19. The lowest BCUT2D eigenvalue weighted by molar-refractivity contribution is 0.0690. The minimum absolute atomic E-state index is 0.0580. The van der Waals surface area contributed by atoms with Crippen molar-refractivity contribution in [3.05, 3.63) is 53.6 Å². The summed E-state index contributed by atoms with van der Waals surface area (Å²) >= 11 is 6.19. The lowest BCUT2D eigenvalue weighted by atomic mass is 10.1. The van der Waals surface area contributed by atoms with Crippen molar-refractivity contribution in [2.75, 3.05) is 0 Å². The van der Waals surface area contributed by atoms with Crippen LogP contribution in [0.3, 0.4) is 0 Å². The number of aromatic carboxylic acids is 1. The average molecular weight is 286 g/mol. The van der Waals surface area contributed by atoms with E-state index in [1.54, 1.807) is 12.3 Å². The lowest BCUT2D eigenvalue weighted by Crippen LogP contribution is -2.01. The number of carboxylic acids is 1.